The molecule has 2 nitrogen and oxygen atoms in total. The molecule has 0 fully saturated rings. The SMILES string of the molecule is CC1(C)c2ccccc2-c2ccc(N(c3ccc(-n4c5ccccc5c5c6ccccc6ccc54)cc3)c3cccc(C4(C5C=CC=CC5)c5ccccc5C5(c6ccccc6)c6ccccc6-c6cccc4c65)c3)cc21. The van der Waals surface area contributed by atoms with Gasteiger partial charge < -0.3 is 9.47 Å². The Hall–Kier alpha value is -9.24. The molecule has 2 heteroatoms. The Morgan fingerprint density at radius 3 is 1.86 bits per heavy atom. The molecule has 4 aliphatic rings. The lowest BCUT2D eigenvalue weighted by molar-refractivity contribution is 0.424. The van der Waals surface area contributed by atoms with Gasteiger partial charge in [-0.2, -0.15) is 0 Å². The van der Waals surface area contributed by atoms with Crippen molar-refractivity contribution in [2.24, 2.45) is 5.92 Å². The van der Waals surface area contributed by atoms with Crippen LogP contribution in [0.5, 0.6) is 0 Å². The van der Waals surface area contributed by atoms with Gasteiger partial charge in [0, 0.05) is 38.9 Å². The van der Waals surface area contributed by atoms with Crippen LogP contribution in [-0.2, 0) is 16.2 Å². The van der Waals surface area contributed by atoms with Crippen LogP contribution < -0.4 is 4.90 Å². The van der Waals surface area contributed by atoms with Gasteiger partial charge in [0.25, 0.3) is 0 Å². The van der Waals surface area contributed by atoms with Gasteiger partial charge >= 0.3 is 0 Å². The number of para-hydroxylation sites is 1. The average molecular weight is 983 g/mol. The molecule has 12 aromatic rings. The molecule has 3 unspecified atom stereocenters. The van der Waals surface area contributed by atoms with E-state index in [-0.39, 0.29) is 11.3 Å². The molecule has 364 valence electrons. The number of hydrogen-bond acceptors (Lipinski definition) is 1. The quantitative estimate of drug-likeness (QED) is 0.154. The first kappa shape index (κ1) is 44.1. The Bertz CT molecular complexity index is 4470. The van der Waals surface area contributed by atoms with E-state index in [0.29, 0.717) is 0 Å². The highest BCUT2D eigenvalue weighted by Gasteiger charge is 2.58. The van der Waals surface area contributed by atoms with Crippen molar-refractivity contribution in [3.05, 3.63) is 323 Å². The third-order valence-corrected chi connectivity index (χ3v) is 18.3. The maximum atomic E-state index is 2.54. The van der Waals surface area contributed by atoms with Gasteiger partial charge in [0.1, 0.15) is 0 Å². The molecule has 1 aromatic heterocycles. The van der Waals surface area contributed by atoms with Crippen LogP contribution in [0, 0.1) is 5.92 Å². The Labute approximate surface area is 450 Å². The number of aromatic nitrogens is 1. The topological polar surface area (TPSA) is 8.17 Å². The van der Waals surface area contributed by atoms with Gasteiger partial charge in [0.15, 0.2) is 0 Å². The van der Waals surface area contributed by atoms with Gasteiger partial charge in [0.2, 0.25) is 0 Å². The molecule has 3 atom stereocenters. The molecule has 0 amide bonds. The molecule has 0 bridgehead atoms. The van der Waals surface area contributed by atoms with Gasteiger partial charge in [-0.15, -0.1) is 0 Å². The fourth-order valence-electron chi connectivity index (χ4n) is 15.2. The van der Waals surface area contributed by atoms with Crippen LogP contribution >= 0.6 is 0 Å². The van der Waals surface area contributed by atoms with Gasteiger partial charge in [-0.25, -0.2) is 0 Å². The van der Waals surface area contributed by atoms with E-state index in [1.54, 1.807) is 0 Å². The number of nitrogens with zero attached hydrogens (tertiary/aromatic N) is 2. The highest BCUT2D eigenvalue weighted by atomic mass is 15.1. The summed E-state index contributed by atoms with van der Waals surface area (Å²) in [5, 5.41) is 5.08. The lowest BCUT2D eigenvalue weighted by Crippen LogP contribution is -2.47. The fraction of sp³-hybridized carbons (Fsp3) is 0.0933. The Balaban J connectivity index is 0.937. The molecule has 16 rings (SSSR count). The maximum Gasteiger partial charge on any atom is 0.0719 e. The minimum Gasteiger partial charge on any atom is -0.310 e. The number of anilines is 3. The molecular formula is C75H54N2. The molecule has 77 heavy (non-hydrogen) atoms. The molecular weight excluding hydrogens is 929 g/mol. The molecule has 0 spiro atoms. The van der Waals surface area contributed by atoms with E-state index in [1.165, 1.54) is 105 Å². The predicted molar refractivity (Wildman–Crippen MR) is 321 cm³/mol. The average Bonchev–Trinajstić information content (AvgIpc) is 4.15. The van der Waals surface area contributed by atoms with Crippen LogP contribution in [0.3, 0.4) is 0 Å². The number of benzene rings is 11. The zero-order chi connectivity index (χ0) is 51.0. The van der Waals surface area contributed by atoms with E-state index in [1.807, 2.05) is 0 Å². The minimum absolute atomic E-state index is 0.128. The van der Waals surface area contributed by atoms with E-state index >= 15 is 0 Å². The molecule has 0 aliphatic heterocycles. The lowest BCUT2D eigenvalue weighted by atomic mass is 9.49. The molecule has 0 N–H and O–H groups in total. The van der Waals surface area contributed by atoms with Gasteiger partial charge in [0.05, 0.1) is 21.9 Å². The number of rotatable bonds is 7. The van der Waals surface area contributed by atoms with E-state index in [2.05, 4.69) is 296 Å². The third kappa shape index (κ3) is 5.90. The summed E-state index contributed by atoms with van der Waals surface area (Å²) in [6.07, 6.45) is 10.3. The fourth-order valence-corrected chi connectivity index (χ4v) is 15.2. The first-order valence-electron chi connectivity index (χ1n) is 27.4. The van der Waals surface area contributed by atoms with E-state index < -0.39 is 10.8 Å². The summed E-state index contributed by atoms with van der Waals surface area (Å²) < 4.78 is 2.45. The second kappa shape index (κ2) is 16.4. The van der Waals surface area contributed by atoms with Crippen molar-refractivity contribution in [3.63, 3.8) is 0 Å². The summed E-state index contributed by atoms with van der Waals surface area (Å²) in [6, 6.07) is 94.5. The van der Waals surface area contributed by atoms with Crippen LogP contribution in [0.4, 0.5) is 17.1 Å². The van der Waals surface area contributed by atoms with Crippen molar-refractivity contribution in [1.29, 1.82) is 0 Å². The maximum absolute atomic E-state index is 2.54. The molecule has 0 saturated carbocycles. The molecule has 11 aromatic carbocycles. The van der Waals surface area contributed by atoms with Crippen LogP contribution in [0.15, 0.2) is 273 Å². The second-order valence-electron chi connectivity index (χ2n) is 22.2. The Morgan fingerprint density at radius 1 is 0.416 bits per heavy atom. The Kier molecular flexibility index (Phi) is 9.38. The second-order valence-corrected chi connectivity index (χ2v) is 22.2. The van der Waals surface area contributed by atoms with Gasteiger partial charge in [-0.1, -0.05) is 226 Å². The van der Waals surface area contributed by atoms with E-state index in [0.717, 1.165) is 29.2 Å². The van der Waals surface area contributed by atoms with Crippen LogP contribution in [0.25, 0.3) is 60.5 Å². The first-order chi connectivity index (χ1) is 38.0. The monoisotopic (exact) mass is 982 g/mol. The third-order valence-electron chi connectivity index (χ3n) is 18.3. The lowest BCUT2D eigenvalue weighted by Gasteiger charge is -2.52. The number of allylic oxidation sites excluding steroid dienone is 4. The standard InChI is InChI=1S/C75H54N2/c1-73(2)63-33-14-11-29-58(63)60-45-44-56(48-68(60)73)76(53-40-42-54(43-41-53)77-69-38-18-13-31-62(69)71-57-28-10-9-21-49(57)39-46-70(71)77)55-27-19-26-52(47-55)74(50-22-5-3-6-23-50)65-35-16-17-36-66(65)75(51-24-7-4-8-25-51)64-34-15-12-30-59(64)61-32-20-37-67(74)72(61)75/h3-22,24-48,50H,23H2,1-2H3. The largest absolute Gasteiger partial charge is 0.310 e. The van der Waals surface area contributed by atoms with E-state index in [9.17, 15) is 0 Å². The van der Waals surface area contributed by atoms with Crippen molar-refractivity contribution in [2.45, 2.75) is 36.5 Å². The van der Waals surface area contributed by atoms with Crippen molar-refractivity contribution in [1.82, 2.24) is 4.57 Å². The summed E-state index contributed by atoms with van der Waals surface area (Å²) in [6.45, 7) is 4.78. The van der Waals surface area contributed by atoms with Gasteiger partial charge in [-0.3, -0.25) is 0 Å². The van der Waals surface area contributed by atoms with Crippen molar-refractivity contribution < 1.29 is 0 Å². The summed E-state index contributed by atoms with van der Waals surface area (Å²) in [7, 11) is 0. The first-order valence-corrected chi connectivity index (χ1v) is 27.4. The smallest absolute Gasteiger partial charge is 0.0719 e. The number of fused-ring (bicyclic) bond motifs is 13. The van der Waals surface area contributed by atoms with Crippen molar-refractivity contribution in [2.75, 3.05) is 4.90 Å². The van der Waals surface area contributed by atoms with Crippen LogP contribution in [-0.4, -0.2) is 4.57 Å². The summed E-state index contributed by atoms with van der Waals surface area (Å²) in [5.41, 5.74) is 23.1. The minimum atomic E-state index is -0.558. The normalized spacial score (nSPS) is 19.0. The highest BCUT2D eigenvalue weighted by Crippen LogP contribution is 2.67. The predicted octanol–water partition coefficient (Wildman–Crippen LogP) is 18.9. The molecule has 0 radical (unpaired) electrons. The van der Waals surface area contributed by atoms with Gasteiger partial charge in [-0.05, 0) is 156 Å². The van der Waals surface area contributed by atoms with Crippen LogP contribution in [0.1, 0.15) is 70.3 Å². The summed E-state index contributed by atoms with van der Waals surface area (Å²) in [5.74, 6) is 0.128. The van der Waals surface area contributed by atoms with Crippen molar-refractivity contribution in [3.8, 4) is 27.9 Å². The van der Waals surface area contributed by atoms with E-state index in [4.69, 9.17) is 0 Å². The molecule has 0 saturated heterocycles. The highest BCUT2D eigenvalue weighted by molar-refractivity contribution is 6.21. The van der Waals surface area contributed by atoms with Crippen LogP contribution in [0.2, 0.25) is 0 Å². The molecule has 4 aliphatic carbocycles. The Morgan fingerprint density at radius 2 is 1.04 bits per heavy atom. The number of hydrogen-bond donors (Lipinski definition) is 0. The molecule has 1 heterocycles. The zero-order valence-electron chi connectivity index (χ0n) is 43.2. The summed E-state index contributed by atoms with van der Waals surface area (Å²) >= 11 is 0. The van der Waals surface area contributed by atoms with Crippen molar-refractivity contribution >= 4 is 49.6 Å². The zero-order valence-corrected chi connectivity index (χ0v) is 43.2. The summed E-state index contributed by atoms with van der Waals surface area (Å²) in [4.78, 5) is 2.52.